The van der Waals surface area contributed by atoms with Crippen molar-refractivity contribution in [1.29, 1.82) is 0 Å². The second-order valence-corrected chi connectivity index (χ2v) is 7.99. The molecule has 3 rings (SSSR count). The first kappa shape index (κ1) is 23.7. The van der Waals surface area contributed by atoms with Crippen LogP contribution in [0.1, 0.15) is 16.3 Å². The molecular weight excluding hydrogens is 462 g/mol. The SMILES string of the molecule is COc1ccc(CCNC(=O)Cc2csc(COc3ccc(Cl)cc3)n2)cc1OC(F)F. The monoisotopic (exact) mass is 482 g/mol. The molecule has 1 aromatic heterocycles. The van der Waals surface area contributed by atoms with Crippen molar-refractivity contribution >= 4 is 28.8 Å². The second-order valence-electron chi connectivity index (χ2n) is 6.62. The zero-order valence-corrected chi connectivity index (χ0v) is 18.7. The molecule has 0 spiro atoms. The van der Waals surface area contributed by atoms with E-state index in [2.05, 4.69) is 15.0 Å². The Morgan fingerprint density at radius 2 is 1.97 bits per heavy atom. The number of methoxy groups -OCH3 is 1. The molecule has 1 heterocycles. The number of carbonyl (C=O) groups excluding carboxylic acids is 1. The fourth-order valence-corrected chi connectivity index (χ4v) is 3.64. The van der Waals surface area contributed by atoms with Crippen LogP contribution in [0.15, 0.2) is 47.8 Å². The number of ether oxygens (including phenoxy) is 3. The van der Waals surface area contributed by atoms with Gasteiger partial charge in [-0.05, 0) is 48.4 Å². The van der Waals surface area contributed by atoms with Gasteiger partial charge in [0.15, 0.2) is 11.5 Å². The molecule has 0 aliphatic carbocycles. The third kappa shape index (κ3) is 7.35. The molecule has 0 radical (unpaired) electrons. The van der Waals surface area contributed by atoms with E-state index in [0.717, 1.165) is 10.6 Å². The zero-order chi connectivity index (χ0) is 22.9. The van der Waals surface area contributed by atoms with E-state index >= 15 is 0 Å². The van der Waals surface area contributed by atoms with E-state index < -0.39 is 6.61 Å². The first-order chi connectivity index (χ1) is 15.4. The summed E-state index contributed by atoms with van der Waals surface area (Å²) in [4.78, 5) is 16.6. The number of aromatic nitrogens is 1. The molecule has 0 saturated carbocycles. The molecule has 1 N–H and O–H groups in total. The largest absolute Gasteiger partial charge is 0.493 e. The number of rotatable bonds is 11. The summed E-state index contributed by atoms with van der Waals surface area (Å²) in [5, 5.41) is 6.01. The summed E-state index contributed by atoms with van der Waals surface area (Å²) < 4.78 is 40.2. The first-order valence-corrected chi connectivity index (χ1v) is 10.9. The maximum Gasteiger partial charge on any atom is 0.387 e. The quantitative estimate of drug-likeness (QED) is 0.421. The van der Waals surface area contributed by atoms with Crippen molar-refractivity contribution in [2.75, 3.05) is 13.7 Å². The summed E-state index contributed by atoms with van der Waals surface area (Å²) in [6, 6.07) is 11.8. The lowest BCUT2D eigenvalue weighted by Crippen LogP contribution is -2.27. The molecule has 0 aliphatic rings. The minimum atomic E-state index is -2.95. The summed E-state index contributed by atoms with van der Waals surface area (Å²) in [5.41, 5.74) is 1.39. The highest BCUT2D eigenvalue weighted by Crippen LogP contribution is 2.29. The Labute approximate surface area is 193 Å². The van der Waals surface area contributed by atoms with Crippen LogP contribution in [0.4, 0.5) is 8.78 Å². The van der Waals surface area contributed by atoms with Crippen molar-refractivity contribution in [3.8, 4) is 17.2 Å². The minimum Gasteiger partial charge on any atom is -0.493 e. The Kier molecular flexibility index (Phi) is 8.64. The van der Waals surface area contributed by atoms with Crippen LogP contribution in [0, 0.1) is 0 Å². The number of thiazole rings is 1. The maximum atomic E-state index is 12.5. The molecule has 0 bridgehead atoms. The van der Waals surface area contributed by atoms with Crippen molar-refractivity contribution in [3.63, 3.8) is 0 Å². The average molecular weight is 483 g/mol. The third-order valence-electron chi connectivity index (χ3n) is 4.30. The predicted molar refractivity (Wildman–Crippen MR) is 118 cm³/mol. The van der Waals surface area contributed by atoms with Crippen molar-refractivity contribution < 1.29 is 27.8 Å². The van der Waals surface area contributed by atoms with E-state index in [4.69, 9.17) is 21.1 Å². The van der Waals surface area contributed by atoms with Crippen molar-refractivity contribution in [1.82, 2.24) is 10.3 Å². The fraction of sp³-hybridized carbons (Fsp3) is 0.273. The summed E-state index contributed by atoms with van der Waals surface area (Å²) in [6.45, 7) is -2.30. The van der Waals surface area contributed by atoms with Gasteiger partial charge < -0.3 is 19.5 Å². The molecule has 0 saturated heterocycles. The lowest BCUT2D eigenvalue weighted by atomic mass is 10.1. The van der Waals surface area contributed by atoms with Crippen LogP contribution in [-0.4, -0.2) is 31.2 Å². The highest BCUT2D eigenvalue weighted by Gasteiger charge is 2.12. The molecule has 0 aliphatic heterocycles. The molecule has 32 heavy (non-hydrogen) atoms. The van der Waals surface area contributed by atoms with Gasteiger partial charge in [-0.3, -0.25) is 4.79 Å². The number of carbonyl (C=O) groups is 1. The highest BCUT2D eigenvalue weighted by atomic mass is 35.5. The lowest BCUT2D eigenvalue weighted by molar-refractivity contribution is -0.120. The summed E-state index contributed by atoms with van der Waals surface area (Å²) in [5.74, 6) is 0.683. The normalized spacial score (nSPS) is 10.8. The summed E-state index contributed by atoms with van der Waals surface area (Å²) in [6.07, 6.45) is 0.590. The molecule has 3 aromatic rings. The topological polar surface area (TPSA) is 69.7 Å². The lowest BCUT2D eigenvalue weighted by Gasteiger charge is -2.11. The highest BCUT2D eigenvalue weighted by molar-refractivity contribution is 7.09. The van der Waals surface area contributed by atoms with Gasteiger partial charge in [0, 0.05) is 16.9 Å². The van der Waals surface area contributed by atoms with Gasteiger partial charge >= 0.3 is 6.61 Å². The van der Waals surface area contributed by atoms with E-state index in [-0.39, 0.29) is 23.8 Å². The molecule has 10 heteroatoms. The Balaban J connectivity index is 1.44. The second kappa shape index (κ2) is 11.6. The molecule has 6 nitrogen and oxygen atoms in total. The smallest absolute Gasteiger partial charge is 0.387 e. The van der Waals surface area contributed by atoms with E-state index in [1.807, 2.05) is 5.38 Å². The fourth-order valence-electron chi connectivity index (χ4n) is 2.81. The Morgan fingerprint density at radius 1 is 1.19 bits per heavy atom. The Hall–Kier alpha value is -2.91. The van der Waals surface area contributed by atoms with Crippen LogP contribution in [-0.2, 0) is 24.2 Å². The number of hydrogen-bond acceptors (Lipinski definition) is 6. The predicted octanol–water partition coefficient (Wildman–Crippen LogP) is 4.89. The van der Waals surface area contributed by atoms with Crippen LogP contribution in [0.2, 0.25) is 5.02 Å². The van der Waals surface area contributed by atoms with Crippen molar-refractivity contribution in [2.45, 2.75) is 26.1 Å². The van der Waals surface area contributed by atoms with Gasteiger partial charge in [-0.15, -0.1) is 11.3 Å². The maximum absolute atomic E-state index is 12.5. The van der Waals surface area contributed by atoms with E-state index in [0.29, 0.717) is 36.0 Å². The number of amides is 1. The number of nitrogens with zero attached hydrogens (tertiary/aromatic N) is 1. The number of benzene rings is 2. The summed E-state index contributed by atoms with van der Waals surface area (Å²) in [7, 11) is 1.38. The van der Waals surface area contributed by atoms with Crippen molar-refractivity contribution in [3.05, 3.63) is 69.1 Å². The Morgan fingerprint density at radius 3 is 2.69 bits per heavy atom. The molecular formula is C22H21ClF2N2O4S. The van der Waals surface area contributed by atoms with Crippen molar-refractivity contribution in [2.24, 2.45) is 0 Å². The average Bonchev–Trinajstić information content (AvgIpc) is 3.20. The zero-order valence-electron chi connectivity index (χ0n) is 17.1. The van der Waals surface area contributed by atoms with E-state index in [1.165, 1.54) is 24.5 Å². The molecule has 0 unspecified atom stereocenters. The van der Waals surface area contributed by atoms with Gasteiger partial charge in [0.05, 0.1) is 19.2 Å². The van der Waals surface area contributed by atoms with Gasteiger partial charge in [0.25, 0.3) is 0 Å². The first-order valence-electron chi connectivity index (χ1n) is 9.63. The van der Waals surface area contributed by atoms with Crippen LogP contribution in [0.25, 0.3) is 0 Å². The molecule has 2 aromatic carbocycles. The third-order valence-corrected chi connectivity index (χ3v) is 5.42. The van der Waals surface area contributed by atoms with Crippen LogP contribution in [0.5, 0.6) is 17.2 Å². The van der Waals surface area contributed by atoms with Crippen LogP contribution in [0.3, 0.4) is 0 Å². The van der Waals surface area contributed by atoms with Gasteiger partial charge in [-0.1, -0.05) is 17.7 Å². The Bertz CT molecular complexity index is 1030. The van der Waals surface area contributed by atoms with E-state index in [9.17, 15) is 13.6 Å². The number of nitrogens with one attached hydrogen (secondary N) is 1. The molecule has 0 fully saturated rings. The standard InChI is InChI=1S/C22H21ClF2N2O4S/c1-29-18-7-2-14(10-19(18)31-22(24)25)8-9-26-20(28)11-16-13-32-21(27-16)12-30-17-5-3-15(23)4-6-17/h2-7,10,13,22H,8-9,11-12H2,1H3,(H,26,28). The number of hydrogen-bond donors (Lipinski definition) is 1. The molecule has 0 atom stereocenters. The van der Waals surface area contributed by atoms with E-state index in [1.54, 1.807) is 36.4 Å². The van der Waals surface area contributed by atoms with Gasteiger partial charge in [0.2, 0.25) is 5.91 Å². The van der Waals surface area contributed by atoms with Crippen LogP contribution < -0.4 is 19.5 Å². The minimum absolute atomic E-state index is 0.0397. The van der Waals surface area contributed by atoms with Gasteiger partial charge in [0.1, 0.15) is 17.4 Å². The molecule has 170 valence electrons. The van der Waals surface area contributed by atoms with Gasteiger partial charge in [-0.2, -0.15) is 8.78 Å². The molecule has 1 amide bonds. The summed E-state index contributed by atoms with van der Waals surface area (Å²) >= 11 is 7.26. The van der Waals surface area contributed by atoms with Crippen LogP contribution >= 0.6 is 22.9 Å². The van der Waals surface area contributed by atoms with Gasteiger partial charge in [-0.25, -0.2) is 4.98 Å². The number of alkyl halides is 2. The number of halogens is 3.